The Labute approximate surface area is 175 Å². The molecule has 0 saturated heterocycles. The Balaban J connectivity index is 1.73. The van der Waals surface area contributed by atoms with Gasteiger partial charge >= 0.3 is 0 Å². The summed E-state index contributed by atoms with van der Waals surface area (Å²) in [6.07, 6.45) is 3.13. The van der Waals surface area contributed by atoms with E-state index in [1.54, 1.807) is 10.8 Å². The molecule has 0 amide bonds. The fourth-order valence-corrected chi connectivity index (χ4v) is 4.45. The van der Waals surface area contributed by atoms with Gasteiger partial charge < -0.3 is 4.74 Å². The molecule has 7 heteroatoms. The van der Waals surface area contributed by atoms with E-state index in [2.05, 4.69) is 15.1 Å². The van der Waals surface area contributed by atoms with E-state index in [-0.39, 0.29) is 5.92 Å². The van der Waals surface area contributed by atoms with Crippen molar-refractivity contribution < 1.29 is 4.74 Å². The molecule has 6 rings (SSSR count). The second-order valence-electron chi connectivity index (χ2n) is 6.90. The van der Waals surface area contributed by atoms with Gasteiger partial charge in [-0.15, -0.1) is 0 Å². The molecule has 1 aliphatic rings. The van der Waals surface area contributed by atoms with Crippen molar-refractivity contribution in [2.75, 3.05) is 0 Å². The minimum absolute atomic E-state index is 0.173. The Morgan fingerprint density at radius 3 is 2.55 bits per heavy atom. The first kappa shape index (κ1) is 16.8. The van der Waals surface area contributed by atoms with Crippen LogP contribution >= 0.6 is 23.2 Å². The zero-order chi connectivity index (χ0) is 19.5. The maximum absolute atomic E-state index is 6.67. The molecule has 0 bridgehead atoms. The lowest BCUT2D eigenvalue weighted by atomic mass is 9.83. The van der Waals surface area contributed by atoms with Gasteiger partial charge in [0.05, 0.1) is 5.56 Å². The third-order valence-electron chi connectivity index (χ3n) is 5.30. The molecule has 5 aromatic rings. The number of aromatic nitrogens is 4. The summed E-state index contributed by atoms with van der Waals surface area (Å²) < 4.78 is 7.97. The molecule has 140 valence electrons. The third-order valence-corrected chi connectivity index (χ3v) is 5.87. The lowest BCUT2D eigenvalue weighted by molar-refractivity contribution is 0.437. The van der Waals surface area contributed by atoms with Gasteiger partial charge in [0.25, 0.3) is 0 Å². The van der Waals surface area contributed by atoms with Crippen LogP contribution in [0.25, 0.3) is 16.4 Å². The molecular weight excluding hydrogens is 407 g/mol. The molecular formula is C22H12Cl2N4O. The number of ether oxygens (including phenoxy) is 1. The lowest BCUT2D eigenvalue weighted by Gasteiger charge is -2.29. The van der Waals surface area contributed by atoms with E-state index >= 15 is 0 Å². The van der Waals surface area contributed by atoms with Gasteiger partial charge in [0.2, 0.25) is 5.88 Å². The Kier molecular flexibility index (Phi) is 3.57. The topological polar surface area (TPSA) is 52.3 Å². The number of rotatable bonds is 1. The predicted molar refractivity (Wildman–Crippen MR) is 112 cm³/mol. The van der Waals surface area contributed by atoms with Gasteiger partial charge in [-0.25, -0.2) is 14.5 Å². The summed E-state index contributed by atoms with van der Waals surface area (Å²) in [5.74, 6) is 1.10. The van der Waals surface area contributed by atoms with Crippen molar-refractivity contribution in [2.24, 2.45) is 0 Å². The van der Waals surface area contributed by atoms with Gasteiger partial charge in [-0.2, -0.15) is 5.10 Å². The van der Waals surface area contributed by atoms with Crippen LogP contribution in [0, 0.1) is 0 Å². The fraction of sp³-hybridized carbons (Fsp3) is 0.0455. The van der Waals surface area contributed by atoms with Gasteiger partial charge in [-0.05, 0) is 23.8 Å². The summed E-state index contributed by atoms with van der Waals surface area (Å²) >= 11 is 12.8. The van der Waals surface area contributed by atoms with Gasteiger partial charge in [0.15, 0.2) is 5.65 Å². The first-order chi connectivity index (χ1) is 14.2. The first-order valence-corrected chi connectivity index (χ1v) is 9.79. The summed E-state index contributed by atoms with van der Waals surface area (Å²) in [4.78, 5) is 8.98. The molecule has 0 aliphatic carbocycles. The first-order valence-electron chi connectivity index (χ1n) is 9.03. The second-order valence-corrected chi connectivity index (χ2v) is 7.74. The molecule has 0 spiro atoms. The Morgan fingerprint density at radius 2 is 1.72 bits per heavy atom. The van der Waals surface area contributed by atoms with Crippen LogP contribution < -0.4 is 4.74 Å². The van der Waals surface area contributed by atoms with Crippen molar-refractivity contribution in [3.05, 3.63) is 94.0 Å². The van der Waals surface area contributed by atoms with Crippen molar-refractivity contribution in [1.82, 2.24) is 19.6 Å². The number of fused-ring (bicyclic) bond motifs is 6. The zero-order valence-electron chi connectivity index (χ0n) is 14.9. The van der Waals surface area contributed by atoms with Crippen molar-refractivity contribution in [1.29, 1.82) is 0 Å². The van der Waals surface area contributed by atoms with Gasteiger partial charge in [0.1, 0.15) is 18.4 Å². The fourth-order valence-electron chi connectivity index (χ4n) is 4.04. The molecule has 0 N–H and O–H groups in total. The number of benzene rings is 3. The van der Waals surface area contributed by atoms with Gasteiger partial charge in [-0.1, -0.05) is 59.6 Å². The molecule has 0 unspecified atom stereocenters. The maximum atomic E-state index is 6.67. The number of nitrogens with zero attached hydrogens (tertiary/aromatic N) is 4. The monoisotopic (exact) mass is 418 g/mol. The minimum atomic E-state index is -0.173. The molecule has 1 atom stereocenters. The summed E-state index contributed by atoms with van der Waals surface area (Å²) in [7, 11) is 0. The van der Waals surface area contributed by atoms with E-state index in [0.29, 0.717) is 21.6 Å². The summed E-state index contributed by atoms with van der Waals surface area (Å²) in [5.41, 5.74) is 3.56. The number of hydrogen-bond acceptors (Lipinski definition) is 4. The summed E-state index contributed by atoms with van der Waals surface area (Å²) in [6.45, 7) is 0. The van der Waals surface area contributed by atoms with Crippen LogP contribution in [0.1, 0.15) is 22.6 Å². The van der Waals surface area contributed by atoms with Crippen molar-refractivity contribution >= 4 is 39.6 Å². The lowest BCUT2D eigenvalue weighted by Crippen LogP contribution is -2.15. The highest BCUT2D eigenvalue weighted by Crippen LogP contribution is 2.51. The average Bonchev–Trinajstić information content (AvgIpc) is 3.23. The Hall–Kier alpha value is -3.15. The molecule has 2 aromatic heterocycles. The van der Waals surface area contributed by atoms with E-state index in [9.17, 15) is 0 Å². The third kappa shape index (κ3) is 2.44. The average molecular weight is 419 g/mol. The normalized spacial score (nSPS) is 15.2. The SMILES string of the molecule is Clc1ccc([C@H]2c3cc(Cl)c4ccccc4c3Oc3ncn4ncnc4c32)cc1. The molecule has 0 saturated carbocycles. The largest absolute Gasteiger partial charge is 0.438 e. The highest BCUT2D eigenvalue weighted by Gasteiger charge is 2.34. The van der Waals surface area contributed by atoms with E-state index in [0.717, 1.165) is 33.2 Å². The molecule has 29 heavy (non-hydrogen) atoms. The quantitative estimate of drug-likeness (QED) is 0.335. The molecule has 0 radical (unpaired) electrons. The second kappa shape index (κ2) is 6.17. The van der Waals surface area contributed by atoms with Crippen molar-refractivity contribution in [3.63, 3.8) is 0 Å². The van der Waals surface area contributed by atoms with Gasteiger partial charge in [0, 0.05) is 32.3 Å². The summed E-state index contributed by atoms with van der Waals surface area (Å²) in [5, 5.41) is 7.47. The predicted octanol–water partition coefficient (Wildman–Crippen LogP) is 5.87. The molecule has 0 fully saturated rings. The highest BCUT2D eigenvalue weighted by atomic mass is 35.5. The highest BCUT2D eigenvalue weighted by molar-refractivity contribution is 6.36. The van der Waals surface area contributed by atoms with Gasteiger partial charge in [-0.3, -0.25) is 0 Å². The van der Waals surface area contributed by atoms with E-state index in [4.69, 9.17) is 27.9 Å². The maximum Gasteiger partial charge on any atom is 0.228 e. The van der Waals surface area contributed by atoms with E-state index in [1.165, 1.54) is 6.33 Å². The van der Waals surface area contributed by atoms with Crippen LogP contribution in [0.4, 0.5) is 0 Å². The van der Waals surface area contributed by atoms with Crippen molar-refractivity contribution in [3.8, 4) is 11.6 Å². The molecule has 5 nitrogen and oxygen atoms in total. The number of halogens is 2. The van der Waals surface area contributed by atoms with Crippen molar-refractivity contribution in [2.45, 2.75) is 5.92 Å². The van der Waals surface area contributed by atoms with Crippen LogP contribution in [-0.4, -0.2) is 19.6 Å². The van der Waals surface area contributed by atoms with E-state index < -0.39 is 0 Å². The van der Waals surface area contributed by atoms with Crippen LogP contribution in [0.2, 0.25) is 10.0 Å². The summed E-state index contributed by atoms with van der Waals surface area (Å²) in [6, 6.07) is 17.7. The Bertz CT molecular complexity index is 1410. The standard InChI is InChI=1S/C22H12Cl2N4O/c23-13-7-5-12(6-8-13)18-16-9-17(24)14-3-1-2-4-15(14)20(16)29-22-19(18)21-25-10-27-28(21)11-26-22/h1-11,18H/t18-/m0/s1. The van der Waals surface area contributed by atoms with Crippen LogP contribution in [0.3, 0.4) is 0 Å². The minimum Gasteiger partial charge on any atom is -0.438 e. The van der Waals surface area contributed by atoms with E-state index in [1.807, 2.05) is 54.6 Å². The smallest absolute Gasteiger partial charge is 0.228 e. The van der Waals surface area contributed by atoms with Crippen LogP contribution in [0.15, 0.2) is 67.3 Å². The number of hydrogen-bond donors (Lipinski definition) is 0. The van der Waals surface area contributed by atoms with Crippen LogP contribution in [0.5, 0.6) is 11.6 Å². The molecule has 3 aromatic carbocycles. The molecule has 1 aliphatic heterocycles. The zero-order valence-corrected chi connectivity index (χ0v) is 16.4. The molecule has 3 heterocycles. The Morgan fingerprint density at radius 1 is 0.931 bits per heavy atom. The van der Waals surface area contributed by atoms with Crippen LogP contribution in [-0.2, 0) is 0 Å².